The van der Waals surface area contributed by atoms with E-state index in [2.05, 4.69) is 56.2 Å². The molecule has 0 amide bonds. The van der Waals surface area contributed by atoms with Gasteiger partial charge in [0.2, 0.25) is 0 Å². The van der Waals surface area contributed by atoms with Crippen molar-refractivity contribution in [1.82, 2.24) is 14.5 Å². The van der Waals surface area contributed by atoms with Gasteiger partial charge in [-0.05, 0) is 49.0 Å². The van der Waals surface area contributed by atoms with Crippen molar-refractivity contribution in [3.63, 3.8) is 0 Å². The minimum atomic E-state index is 0. The van der Waals surface area contributed by atoms with Crippen LogP contribution in [0, 0.1) is 30.1 Å². The molecular weight excluding hydrogens is 667 g/mol. The average molecular weight is 687 g/mol. The fraction of sp³-hybridized carbons (Fsp3) is 0.0323. The molecule has 1 aliphatic heterocycles. The molecule has 6 aromatic rings. The minimum Gasteiger partial charge on any atom is -0.504 e. The van der Waals surface area contributed by atoms with Gasteiger partial charge in [-0.3, -0.25) is 4.98 Å². The molecule has 7 rings (SSSR count). The molecule has 0 saturated heterocycles. The predicted octanol–water partition coefficient (Wildman–Crippen LogP) is 6.54. The average Bonchev–Trinajstić information content (AvgIpc) is 3.48. The zero-order chi connectivity index (χ0) is 25.6. The van der Waals surface area contributed by atoms with Crippen molar-refractivity contribution in [1.29, 1.82) is 5.26 Å². The molecule has 0 aliphatic carbocycles. The van der Waals surface area contributed by atoms with Crippen LogP contribution in [0.1, 0.15) is 5.56 Å². The number of pyridine rings is 2. The molecule has 192 valence electrons. The normalized spacial score (nSPS) is 12.3. The quantitative estimate of drug-likeness (QED) is 0.196. The van der Waals surface area contributed by atoms with Crippen LogP contribution in [0.3, 0.4) is 0 Å². The van der Waals surface area contributed by atoms with E-state index in [-0.39, 0.29) is 21.1 Å². The smallest absolute Gasteiger partial charge is 0.136 e. The Morgan fingerprint density at radius 1 is 0.872 bits per heavy atom. The second kappa shape index (κ2) is 9.90. The molecule has 0 bridgehead atoms. The van der Waals surface area contributed by atoms with Gasteiger partial charge in [0, 0.05) is 49.9 Å². The maximum atomic E-state index is 9.43. The summed E-state index contributed by atoms with van der Waals surface area (Å²) in [5.41, 5.74) is 5.30. The molecule has 4 heterocycles. The van der Waals surface area contributed by atoms with Gasteiger partial charge >= 0.3 is 0 Å². The minimum absolute atomic E-state index is 0. The number of fused-ring (bicyclic) bond motifs is 4. The van der Waals surface area contributed by atoms with E-state index in [1.807, 2.05) is 66.8 Å². The Morgan fingerprint density at radius 3 is 2.54 bits per heavy atom. The summed E-state index contributed by atoms with van der Waals surface area (Å²) in [6.45, 7) is 2.01. The van der Waals surface area contributed by atoms with Gasteiger partial charge in [-0.25, -0.2) is 4.98 Å². The van der Waals surface area contributed by atoms with Gasteiger partial charge in [0.25, 0.3) is 0 Å². The second-order valence-corrected chi connectivity index (χ2v) is 8.90. The molecular formula is C31H19N6OPt-3. The van der Waals surface area contributed by atoms with Crippen molar-refractivity contribution in [2.45, 2.75) is 0 Å². The van der Waals surface area contributed by atoms with Crippen molar-refractivity contribution in [3.05, 3.63) is 116 Å². The number of hydrogen-bond donors (Lipinski definition) is 0. The van der Waals surface area contributed by atoms with Crippen LogP contribution in [0.2, 0.25) is 0 Å². The number of rotatable bonds is 4. The van der Waals surface area contributed by atoms with Crippen LogP contribution in [0.4, 0.5) is 17.1 Å². The molecule has 0 N–H and O–H groups in total. The molecule has 3 aromatic heterocycles. The maximum Gasteiger partial charge on any atom is 0.136 e. The molecule has 0 spiro atoms. The number of ether oxygens (including phenoxy) is 1. The van der Waals surface area contributed by atoms with E-state index in [4.69, 9.17) is 4.74 Å². The summed E-state index contributed by atoms with van der Waals surface area (Å²) in [4.78, 5) is 13.1. The molecule has 0 radical (unpaired) electrons. The van der Waals surface area contributed by atoms with E-state index in [1.54, 1.807) is 24.5 Å². The van der Waals surface area contributed by atoms with Crippen LogP contribution < -0.4 is 14.5 Å². The number of nitriles is 1. The Morgan fingerprint density at radius 2 is 1.67 bits per heavy atom. The Bertz CT molecular complexity index is 1890. The Hall–Kier alpha value is -4.66. The molecule has 0 fully saturated rings. The standard InChI is InChI=1S/C31H19N6O.Pt/c1-35-20-36(28-9-5-4-8-27(28)35)22-13-15-34-31(17-22)38-23-10-11-25-24-6-2-3-7-26(24)37(29(25)18-23)30-16-21(19-32)12-14-33-30;/h2-16,20H,1H3;/q-3;. The summed E-state index contributed by atoms with van der Waals surface area (Å²) in [7, 11) is 2.02. The molecule has 0 saturated carbocycles. The molecule has 7 nitrogen and oxygen atoms in total. The first-order chi connectivity index (χ1) is 18.7. The van der Waals surface area contributed by atoms with E-state index >= 15 is 0 Å². The van der Waals surface area contributed by atoms with Gasteiger partial charge in [0.15, 0.2) is 0 Å². The van der Waals surface area contributed by atoms with Crippen molar-refractivity contribution in [2.24, 2.45) is 0 Å². The molecule has 39 heavy (non-hydrogen) atoms. The van der Waals surface area contributed by atoms with Gasteiger partial charge in [0.05, 0.1) is 11.6 Å². The predicted molar refractivity (Wildman–Crippen MR) is 147 cm³/mol. The molecule has 1 aliphatic rings. The first-order valence-electron chi connectivity index (χ1n) is 12.0. The number of benzene rings is 3. The largest absolute Gasteiger partial charge is 0.504 e. The summed E-state index contributed by atoms with van der Waals surface area (Å²) < 4.78 is 8.17. The van der Waals surface area contributed by atoms with E-state index in [9.17, 15) is 5.26 Å². The molecule has 3 aromatic carbocycles. The summed E-state index contributed by atoms with van der Waals surface area (Å²) >= 11 is 0. The fourth-order valence-corrected chi connectivity index (χ4v) is 4.89. The topological polar surface area (TPSA) is 70.2 Å². The third kappa shape index (κ3) is 4.20. The third-order valence-electron chi connectivity index (χ3n) is 6.60. The van der Waals surface area contributed by atoms with Crippen molar-refractivity contribution in [2.75, 3.05) is 16.8 Å². The Kier molecular flexibility index (Phi) is 6.26. The Balaban J connectivity index is 0.00000277. The van der Waals surface area contributed by atoms with E-state index in [0.29, 0.717) is 23.0 Å². The van der Waals surface area contributed by atoms with Crippen molar-refractivity contribution >= 4 is 38.9 Å². The number of hydrogen-bond acceptors (Lipinski definition) is 6. The van der Waals surface area contributed by atoms with Gasteiger partial charge in [-0.2, -0.15) is 35.8 Å². The molecule has 0 atom stereocenters. The van der Waals surface area contributed by atoms with Crippen LogP contribution in [-0.2, 0) is 21.1 Å². The Labute approximate surface area is 239 Å². The molecule has 0 unspecified atom stereocenters. The van der Waals surface area contributed by atoms with Gasteiger partial charge in [-0.1, -0.05) is 35.8 Å². The van der Waals surface area contributed by atoms with E-state index in [0.717, 1.165) is 38.9 Å². The fourth-order valence-electron chi connectivity index (χ4n) is 4.89. The van der Waals surface area contributed by atoms with Crippen LogP contribution >= 0.6 is 0 Å². The second-order valence-electron chi connectivity index (χ2n) is 8.90. The van der Waals surface area contributed by atoms with E-state index in [1.165, 1.54) is 0 Å². The SMILES string of the molecule is CN1[CH-]N(c2[c-]c(Oc3[c-]c4c(cc3)c3ccccc3n4-c3cc(C#N)ccn3)ncc2)c2ccccc21.[Pt]. The maximum absolute atomic E-state index is 9.43. The number of nitrogens with zero attached hydrogens (tertiary/aromatic N) is 6. The van der Waals surface area contributed by atoms with Crippen LogP contribution in [0.25, 0.3) is 27.6 Å². The third-order valence-corrected chi connectivity index (χ3v) is 6.60. The summed E-state index contributed by atoms with van der Waals surface area (Å²) in [5, 5.41) is 11.5. The van der Waals surface area contributed by atoms with Crippen LogP contribution in [-0.4, -0.2) is 21.6 Å². The summed E-state index contributed by atoms with van der Waals surface area (Å²) in [5.74, 6) is 1.48. The van der Waals surface area contributed by atoms with Gasteiger partial charge in [-0.15, -0.1) is 17.5 Å². The first kappa shape index (κ1) is 24.7. The van der Waals surface area contributed by atoms with Crippen molar-refractivity contribution < 1.29 is 25.8 Å². The summed E-state index contributed by atoms with van der Waals surface area (Å²) in [6, 6.07) is 34.4. The molecule has 8 heteroatoms. The van der Waals surface area contributed by atoms with Crippen LogP contribution in [0.5, 0.6) is 11.6 Å². The first-order valence-corrected chi connectivity index (χ1v) is 12.0. The number of anilines is 3. The van der Waals surface area contributed by atoms with Crippen LogP contribution in [0.15, 0.2) is 91.3 Å². The number of para-hydroxylation sites is 3. The van der Waals surface area contributed by atoms with E-state index < -0.39 is 0 Å². The zero-order valence-electron chi connectivity index (χ0n) is 20.6. The van der Waals surface area contributed by atoms with Crippen molar-refractivity contribution in [3.8, 4) is 23.5 Å². The van der Waals surface area contributed by atoms with Gasteiger partial charge < -0.3 is 19.1 Å². The summed E-state index contributed by atoms with van der Waals surface area (Å²) in [6.07, 6.45) is 3.35. The number of aromatic nitrogens is 3. The zero-order valence-corrected chi connectivity index (χ0v) is 22.9. The van der Waals surface area contributed by atoms with Gasteiger partial charge in [0.1, 0.15) is 11.7 Å². The monoisotopic (exact) mass is 686 g/mol.